The highest BCUT2D eigenvalue weighted by molar-refractivity contribution is 5.70. The Morgan fingerprint density at radius 1 is 1.03 bits per heavy atom. The highest BCUT2D eigenvalue weighted by Gasteiger charge is 2.37. The van der Waals surface area contributed by atoms with E-state index in [1.54, 1.807) is 0 Å². The molecule has 0 aromatic heterocycles. The number of alkyl carbamates (subject to hydrolysis) is 1. The zero-order chi connectivity index (χ0) is 22.3. The molecule has 0 saturated carbocycles. The molecule has 170 valence electrons. The number of amides is 1. The number of halogens is 3. The second-order valence-corrected chi connectivity index (χ2v) is 8.74. The summed E-state index contributed by atoms with van der Waals surface area (Å²) < 4.78 is 50.0. The number of hydrogen-bond donors (Lipinski definition) is 1. The molecule has 5 nitrogen and oxygen atoms in total. The number of fused-ring (bicyclic) bond motifs is 4. The topological polar surface area (TPSA) is 50.8 Å². The van der Waals surface area contributed by atoms with Crippen molar-refractivity contribution in [1.29, 1.82) is 0 Å². The first kappa shape index (κ1) is 21.1. The molecule has 6 rings (SSSR count). The van der Waals surface area contributed by atoms with Gasteiger partial charge in [-0.25, -0.2) is 4.79 Å². The Labute approximate surface area is 184 Å². The number of carbonyl (C=O) groups is 1. The van der Waals surface area contributed by atoms with E-state index in [9.17, 15) is 18.0 Å². The number of piperidine rings is 3. The number of rotatable bonds is 3. The molecule has 1 unspecified atom stereocenters. The molecule has 3 saturated heterocycles. The lowest BCUT2D eigenvalue weighted by atomic mass is 9.86. The fraction of sp³-hybridized carbons (Fsp3) is 0.458. The van der Waals surface area contributed by atoms with E-state index in [1.807, 2.05) is 18.2 Å². The van der Waals surface area contributed by atoms with E-state index in [2.05, 4.69) is 10.2 Å². The van der Waals surface area contributed by atoms with Gasteiger partial charge in [-0.15, -0.1) is 0 Å². The van der Waals surface area contributed by atoms with Crippen LogP contribution in [0.15, 0.2) is 42.5 Å². The summed E-state index contributed by atoms with van der Waals surface area (Å²) in [5, 5.41) is 2.98. The number of carbonyl (C=O) groups excluding carboxylic acids is 1. The van der Waals surface area contributed by atoms with Crippen molar-refractivity contribution in [3.8, 4) is 16.9 Å². The van der Waals surface area contributed by atoms with Gasteiger partial charge in [-0.3, -0.25) is 4.90 Å². The lowest BCUT2D eigenvalue weighted by Gasteiger charge is -2.44. The van der Waals surface area contributed by atoms with Crippen molar-refractivity contribution < 1.29 is 27.4 Å². The Balaban J connectivity index is 1.27. The maximum absolute atomic E-state index is 12.8. The summed E-state index contributed by atoms with van der Waals surface area (Å²) in [6, 6.07) is 10.3. The van der Waals surface area contributed by atoms with Crippen LogP contribution < -0.4 is 10.1 Å². The molecule has 0 aliphatic carbocycles. The molecule has 2 atom stereocenters. The van der Waals surface area contributed by atoms with Crippen LogP contribution in [-0.4, -0.2) is 43.3 Å². The van der Waals surface area contributed by atoms with E-state index in [0.717, 1.165) is 55.7 Å². The third-order valence-corrected chi connectivity index (χ3v) is 6.75. The molecular formula is C24H25F3N2O3. The van der Waals surface area contributed by atoms with Crippen LogP contribution in [0, 0.1) is 5.92 Å². The van der Waals surface area contributed by atoms with E-state index in [-0.39, 0.29) is 12.1 Å². The van der Waals surface area contributed by atoms with Gasteiger partial charge in [-0.1, -0.05) is 24.3 Å². The van der Waals surface area contributed by atoms with Crippen molar-refractivity contribution in [3.63, 3.8) is 0 Å². The van der Waals surface area contributed by atoms with E-state index in [4.69, 9.17) is 9.47 Å². The molecule has 0 radical (unpaired) electrons. The second-order valence-electron chi connectivity index (χ2n) is 8.74. The minimum absolute atomic E-state index is 0.0566. The lowest BCUT2D eigenvalue weighted by molar-refractivity contribution is -0.137. The molecule has 2 aromatic rings. The van der Waals surface area contributed by atoms with Crippen molar-refractivity contribution >= 4 is 6.09 Å². The van der Waals surface area contributed by atoms with Crippen LogP contribution >= 0.6 is 0 Å². The van der Waals surface area contributed by atoms with Crippen molar-refractivity contribution in [1.82, 2.24) is 10.2 Å². The summed E-state index contributed by atoms with van der Waals surface area (Å²) in [6.45, 7) is 3.41. The Kier molecular flexibility index (Phi) is 5.49. The molecular weight excluding hydrogens is 421 g/mol. The molecule has 1 N–H and O–H groups in total. The first-order valence-corrected chi connectivity index (χ1v) is 11.0. The fourth-order valence-corrected chi connectivity index (χ4v) is 4.93. The minimum atomic E-state index is -4.36. The van der Waals surface area contributed by atoms with Crippen molar-refractivity contribution in [2.75, 3.05) is 26.2 Å². The van der Waals surface area contributed by atoms with Gasteiger partial charge < -0.3 is 14.8 Å². The number of nitrogens with zero attached hydrogens (tertiary/aromatic N) is 1. The molecule has 2 aromatic carbocycles. The van der Waals surface area contributed by atoms with Crippen LogP contribution in [0.5, 0.6) is 5.75 Å². The summed E-state index contributed by atoms with van der Waals surface area (Å²) in [4.78, 5) is 14.9. The number of alkyl halides is 3. The number of hydrogen-bond acceptors (Lipinski definition) is 4. The van der Waals surface area contributed by atoms with Gasteiger partial charge in [0.25, 0.3) is 0 Å². The highest BCUT2D eigenvalue weighted by atomic mass is 19.4. The van der Waals surface area contributed by atoms with Crippen LogP contribution in [0.4, 0.5) is 18.0 Å². The van der Waals surface area contributed by atoms with Gasteiger partial charge in [0.05, 0.1) is 18.2 Å². The monoisotopic (exact) mass is 446 g/mol. The molecule has 4 heterocycles. The maximum atomic E-state index is 12.8. The Hall–Kier alpha value is -2.74. The van der Waals surface area contributed by atoms with E-state index in [1.165, 1.54) is 12.1 Å². The molecule has 0 spiro atoms. The number of nitrogens with one attached hydrogen (secondary N) is 1. The summed E-state index contributed by atoms with van der Waals surface area (Å²) in [6.07, 6.45) is -2.05. The minimum Gasteiger partial charge on any atom is -0.493 e. The average molecular weight is 446 g/mol. The van der Waals surface area contributed by atoms with Gasteiger partial charge in [-0.05, 0) is 61.2 Å². The number of benzene rings is 2. The largest absolute Gasteiger partial charge is 0.493 e. The van der Waals surface area contributed by atoms with E-state index in [0.29, 0.717) is 30.3 Å². The van der Waals surface area contributed by atoms with Gasteiger partial charge in [0, 0.05) is 18.5 Å². The summed E-state index contributed by atoms with van der Waals surface area (Å²) in [5.74, 6) is 1.07. The SMILES string of the molecule is O=C(NC1CCOc2cc(-c3ccc(C(F)(F)F)cc3)ccc21)O[C@@H]1CN2CCC1CC2. The quantitative estimate of drug-likeness (QED) is 0.720. The van der Waals surface area contributed by atoms with Crippen molar-refractivity contribution in [3.05, 3.63) is 53.6 Å². The molecule has 1 amide bonds. The molecule has 8 heteroatoms. The number of ether oxygens (including phenoxy) is 2. The first-order valence-electron chi connectivity index (χ1n) is 11.0. The third kappa shape index (κ3) is 4.28. The Morgan fingerprint density at radius 2 is 1.75 bits per heavy atom. The predicted octanol–water partition coefficient (Wildman–Crippen LogP) is 5.02. The summed E-state index contributed by atoms with van der Waals surface area (Å²) in [7, 11) is 0. The summed E-state index contributed by atoms with van der Waals surface area (Å²) in [5.41, 5.74) is 1.59. The zero-order valence-electron chi connectivity index (χ0n) is 17.5. The average Bonchev–Trinajstić information content (AvgIpc) is 2.79. The summed E-state index contributed by atoms with van der Waals surface area (Å²) >= 11 is 0. The van der Waals surface area contributed by atoms with Crippen LogP contribution in [-0.2, 0) is 10.9 Å². The van der Waals surface area contributed by atoms with Gasteiger partial charge >= 0.3 is 12.3 Å². The predicted molar refractivity (Wildman–Crippen MR) is 112 cm³/mol. The standard InChI is InChI=1S/C24H25F3N2O3/c25-24(26,27)18-4-1-15(2-5-18)17-3-6-19-20(9-12-31-21(19)13-17)28-23(30)32-22-14-29-10-7-16(22)8-11-29/h1-6,13,16,20,22H,7-12,14H2,(H,28,30)/t20?,22-/m1/s1. The normalized spacial score (nSPS) is 26.7. The fourth-order valence-electron chi connectivity index (χ4n) is 4.93. The van der Waals surface area contributed by atoms with Crippen LogP contribution in [0.25, 0.3) is 11.1 Å². The maximum Gasteiger partial charge on any atom is 0.416 e. The molecule has 4 aliphatic rings. The lowest BCUT2D eigenvalue weighted by Crippen LogP contribution is -2.52. The molecule has 4 aliphatic heterocycles. The Bertz CT molecular complexity index is 985. The van der Waals surface area contributed by atoms with Gasteiger partial charge in [-0.2, -0.15) is 13.2 Å². The van der Waals surface area contributed by atoms with Gasteiger partial charge in [0.2, 0.25) is 0 Å². The van der Waals surface area contributed by atoms with Crippen LogP contribution in [0.2, 0.25) is 0 Å². The van der Waals surface area contributed by atoms with E-state index < -0.39 is 17.8 Å². The van der Waals surface area contributed by atoms with E-state index >= 15 is 0 Å². The van der Waals surface area contributed by atoms with Crippen LogP contribution in [0.1, 0.15) is 36.4 Å². The smallest absolute Gasteiger partial charge is 0.416 e. The third-order valence-electron chi connectivity index (χ3n) is 6.75. The zero-order valence-corrected chi connectivity index (χ0v) is 17.5. The Morgan fingerprint density at radius 3 is 2.41 bits per heavy atom. The molecule has 32 heavy (non-hydrogen) atoms. The van der Waals surface area contributed by atoms with Crippen LogP contribution in [0.3, 0.4) is 0 Å². The second kappa shape index (κ2) is 8.31. The molecule has 2 bridgehead atoms. The first-order chi connectivity index (χ1) is 15.4. The molecule has 3 fully saturated rings. The highest BCUT2D eigenvalue weighted by Crippen LogP contribution is 2.37. The van der Waals surface area contributed by atoms with Crippen molar-refractivity contribution in [2.45, 2.75) is 37.6 Å². The van der Waals surface area contributed by atoms with Gasteiger partial charge in [0.1, 0.15) is 11.9 Å². The van der Waals surface area contributed by atoms with Crippen molar-refractivity contribution in [2.24, 2.45) is 5.92 Å². The van der Waals surface area contributed by atoms with Gasteiger partial charge in [0.15, 0.2) is 0 Å².